The van der Waals surface area contributed by atoms with Crippen molar-refractivity contribution in [1.29, 1.82) is 0 Å². The van der Waals surface area contributed by atoms with Gasteiger partial charge in [-0.3, -0.25) is 0 Å². The Hall–Kier alpha value is -8.83. The molecular formula is C70H54F2N2O2Si2. The molecule has 14 aromatic rings. The lowest BCUT2D eigenvalue weighted by Gasteiger charge is -2.29. The van der Waals surface area contributed by atoms with Gasteiger partial charge in [-0.05, 0) is 136 Å². The maximum absolute atomic E-state index is 15.0. The summed E-state index contributed by atoms with van der Waals surface area (Å²) in [5.74, 6) is -0.627. The van der Waals surface area contributed by atoms with Crippen LogP contribution in [-0.2, 0) is 6.04 Å². The van der Waals surface area contributed by atoms with Gasteiger partial charge in [0.1, 0.15) is 22.8 Å². The fraction of sp³-hybridized carbons (Fsp3) is 0.0857. The van der Waals surface area contributed by atoms with E-state index in [1.54, 1.807) is 0 Å². The van der Waals surface area contributed by atoms with Crippen molar-refractivity contribution in [1.82, 2.24) is 0 Å². The van der Waals surface area contributed by atoms with Gasteiger partial charge in [0.25, 0.3) is 0 Å². The summed E-state index contributed by atoms with van der Waals surface area (Å²) >= 11 is 0. The number of fused-ring (bicyclic) bond motifs is 6. The first-order valence-corrected chi connectivity index (χ1v) is 31.7. The lowest BCUT2D eigenvalue weighted by atomic mass is 9.91. The molecule has 0 saturated carbocycles. The van der Waals surface area contributed by atoms with Gasteiger partial charge in [0.15, 0.2) is 11.2 Å². The lowest BCUT2D eigenvalue weighted by Crippen LogP contribution is -2.37. The number of nitrogens with zero attached hydrogens (tertiary/aromatic N) is 2. The van der Waals surface area contributed by atoms with Crippen LogP contribution in [0.15, 0.2) is 215 Å². The fourth-order valence-electron chi connectivity index (χ4n) is 12.2. The molecule has 12 aromatic carbocycles. The molecule has 0 fully saturated rings. The van der Waals surface area contributed by atoms with Crippen LogP contribution >= 0.6 is 0 Å². The van der Waals surface area contributed by atoms with E-state index in [4.69, 9.17) is 8.83 Å². The van der Waals surface area contributed by atoms with Crippen molar-refractivity contribution in [3.8, 4) is 22.3 Å². The van der Waals surface area contributed by atoms with Crippen molar-refractivity contribution in [3.05, 3.63) is 235 Å². The van der Waals surface area contributed by atoms with E-state index in [0.717, 1.165) is 149 Å². The van der Waals surface area contributed by atoms with Gasteiger partial charge in [0.2, 0.25) is 0 Å². The van der Waals surface area contributed by atoms with Gasteiger partial charge in [-0.25, -0.2) is 8.78 Å². The van der Waals surface area contributed by atoms with Gasteiger partial charge in [0.05, 0.1) is 30.8 Å². The van der Waals surface area contributed by atoms with Crippen LogP contribution in [0.1, 0.15) is 16.7 Å². The van der Waals surface area contributed by atoms with Crippen LogP contribution in [0.25, 0.3) is 98.4 Å². The minimum Gasteiger partial charge on any atom is -0.453 e. The van der Waals surface area contributed by atoms with Gasteiger partial charge < -0.3 is 18.6 Å². The monoisotopic (exact) mass is 1050 g/mol. The van der Waals surface area contributed by atoms with Crippen molar-refractivity contribution >= 4 is 134 Å². The molecule has 0 aliphatic rings. The Bertz CT molecular complexity index is 4710. The highest BCUT2D eigenvalue weighted by Crippen LogP contribution is 2.51. The fourth-order valence-corrected chi connectivity index (χ4v) is 13.9. The summed E-state index contributed by atoms with van der Waals surface area (Å²) in [4.78, 5) is 4.43. The normalized spacial score (nSPS) is 12.2. The second kappa shape index (κ2) is 18.2. The third kappa shape index (κ3) is 7.57. The van der Waals surface area contributed by atoms with Crippen molar-refractivity contribution in [2.45, 2.75) is 39.5 Å². The van der Waals surface area contributed by atoms with E-state index in [0.29, 0.717) is 0 Å². The Balaban J connectivity index is 0.977. The molecule has 0 radical (unpaired) electrons. The predicted octanol–water partition coefficient (Wildman–Crippen LogP) is 19.0. The van der Waals surface area contributed by atoms with Gasteiger partial charge in [-0.1, -0.05) is 164 Å². The summed E-state index contributed by atoms with van der Waals surface area (Å²) in [6.45, 7) is 11.5. The van der Waals surface area contributed by atoms with Crippen LogP contribution in [0.5, 0.6) is 0 Å². The van der Waals surface area contributed by atoms with Crippen molar-refractivity contribution in [2.75, 3.05) is 9.80 Å². The highest BCUT2D eigenvalue weighted by atomic mass is 28.3. The predicted molar refractivity (Wildman–Crippen MR) is 331 cm³/mol. The first-order chi connectivity index (χ1) is 37.9. The van der Waals surface area contributed by atoms with Crippen LogP contribution in [-0.4, -0.2) is 18.3 Å². The zero-order chi connectivity index (χ0) is 53.1. The quantitative estimate of drug-likeness (QED) is 0.101. The molecule has 378 valence electrons. The standard InChI is InChI=1S/C70H54F2N2O2Si2/c1-41-38-43(40-77)18-32-51(41)53-10-6-12-55-57-14-8-16-63(69(57)75-67(53)55)73(48-27-23-46(71)24-28-48)61-36-21-44-20-34-60-62(37-22-45-19-33-59(61)65(44)66(45)60)74(49-29-25-47(72)26-30-49)64-17-9-15-58-56-13-7-11-54(68(56)76-70(58)64)52-35-31-50(39-42(52)2)78(3,4)5/h6-39H,40H2,1-5,77H3. The van der Waals surface area contributed by atoms with Gasteiger partial charge in [0, 0.05) is 65.1 Å². The maximum atomic E-state index is 15.0. The highest BCUT2D eigenvalue weighted by molar-refractivity contribution is 6.88. The lowest BCUT2D eigenvalue weighted by molar-refractivity contribution is 0.627. The minimum atomic E-state index is -1.53. The molecule has 0 N–H and O–H groups in total. The first-order valence-electron chi connectivity index (χ1n) is 26.8. The SMILES string of the molecule is Cc1cc(C[SiH3])ccc1-c1cccc2c1oc1c(N(c3ccc(F)cc3)c3ccc4ccc5c(N(c6ccc(F)cc6)c6cccc7c6oc6c(-c8ccc([Si](C)(C)C)cc8C)cccc67)ccc6ccc3c4c65)cccc12. The molecule has 78 heavy (non-hydrogen) atoms. The molecule has 0 amide bonds. The number of halogens is 2. The Morgan fingerprint density at radius 2 is 0.821 bits per heavy atom. The molecule has 0 atom stereocenters. The summed E-state index contributed by atoms with van der Waals surface area (Å²) in [6.07, 6.45) is 0. The average Bonchev–Trinajstić information content (AvgIpc) is 4.17. The Labute approximate surface area is 455 Å². The van der Waals surface area contributed by atoms with Crippen molar-refractivity contribution in [2.24, 2.45) is 0 Å². The molecule has 4 nitrogen and oxygen atoms in total. The van der Waals surface area contributed by atoms with Crippen molar-refractivity contribution in [3.63, 3.8) is 0 Å². The zero-order valence-corrected chi connectivity index (χ0v) is 47.3. The molecule has 0 aliphatic heterocycles. The molecule has 0 bridgehead atoms. The Morgan fingerprint density at radius 3 is 1.26 bits per heavy atom. The third-order valence-electron chi connectivity index (χ3n) is 16.1. The number of hydrogen-bond acceptors (Lipinski definition) is 4. The summed E-state index contributed by atoms with van der Waals surface area (Å²) < 4.78 is 44.2. The molecule has 0 unspecified atom stereocenters. The Morgan fingerprint density at radius 1 is 0.397 bits per heavy atom. The van der Waals surface area contributed by atoms with E-state index in [9.17, 15) is 8.78 Å². The number of anilines is 6. The molecule has 0 saturated heterocycles. The van der Waals surface area contributed by atoms with Gasteiger partial charge >= 0.3 is 0 Å². The first kappa shape index (κ1) is 47.6. The van der Waals surface area contributed by atoms with Gasteiger partial charge in [-0.15, -0.1) is 0 Å². The molecule has 14 rings (SSSR count). The molecule has 8 heteroatoms. The van der Waals surface area contributed by atoms with Crippen LogP contribution < -0.4 is 15.0 Å². The van der Waals surface area contributed by atoms with E-state index in [1.807, 2.05) is 24.3 Å². The number of hydrogen-bond donors (Lipinski definition) is 0. The van der Waals surface area contributed by atoms with E-state index >= 15 is 0 Å². The topological polar surface area (TPSA) is 32.8 Å². The van der Waals surface area contributed by atoms with Crippen LogP contribution in [0.3, 0.4) is 0 Å². The molecule has 2 heterocycles. The molecule has 2 aromatic heterocycles. The summed E-state index contributed by atoms with van der Waals surface area (Å²) in [7, 11) is -0.427. The number of rotatable bonds is 10. The summed E-state index contributed by atoms with van der Waals surface area (Å²) in [5, 5.41) is 11.8. The third-order valence-corrected chi connectivity index (χ3v) is 19.0. The highest BCUT2D eigenvalue weighted by Gasteiger charge is 2.27. The largest absolute Gasteiger partial charge is 0.453 e. The second-order valence-electron chi connectivity index (χ2n) is 21.9. The summed E-state index contributed by atoms with van der Waals surface area (Å²) in [6, 6.07) is 71.2. The molecular weight excluding hydrogens is 995 g/mol. The summed E-state index contributed by atoms with van der Waals surface area (Å²) in [5.41, 5.74) is 16.4. The van der Waals surface area contributed by atoms with E-state index < -0.39 is 8.07 Å². The second-order valence-corrected chi connectivity index (χ2v) is 27.7. The number of benzene rings is 12. The van der Waals surface area contributed by atoms with Crippen LogP contribution in [0.2, 0.25) is 19.6 Å². The minimum absolute atomic E-state index is 0.313. The van der Waals surface area contributed by atoms with E-state index in [-0.39, 0.29) is 11.6 Å². The zero-order valence-electron chi connectivity index (χ0n) is 44.3. The van der Waals surface area contributed by atoms with E-state index in [1.165, 1.54) is 46.1 Å². The average molecular weight is 1050 g/mol. The molecule has 0 spiro atoms. The number of furan rings is 2. The molecule has 0 aliphatic carbocycles. The van der Waals surface area contributed by atoms with Crippen LogP contribution in [0.4, 0.5) is 42.9 Å². The smallest absolute Gasteiger partial charge is 0.159 e. The van der Waals surface area contributed by atoms with Gasteiger partial charge in [-0.2, -0.15) is 0 Å². The maximum Gasteiger partial charge on any atom is 0.159 e. The number of para-hydroxylation sites is 4. The van der Waals surface area contributed by atoms with E-state index in [2.05, 4.69) is 201 Å². The van der Waals surface area contributed by atoms with Crippen molar-refractivity contribution < 1.29 is 17.6 Å². The Kier molecular flexibility index (Phi) is 11.1. The number of aryl methyl sites for hydroxylation is 2. The van der Waals surface area contributed by atoms with Crippen LogP contribution in [0, 0.1) is 25.5 Å².